The van der Waals surface area contributed by atoms with Crippen molar-refractivity contribution in [1.29, 1.82) is 0 Å². The van der Waals surface area contributed by atoms with Crippen molar-refractivity contribution in [1.82, 2.24) is 14.9 Å². The van der Waals surface area contributed by atoms with Gasteiger partial charge in [0.1, 0.15) is 0 Å². The van der Waals surface area contributed by atoms with Gasteiger partial charge in [0, 0.05) is 12.6 Å². The zero-order valence-corrected chi connectivity index (χ0v) is 11.5. The van der Waals surface area contributed by atoms with Crippen LogP contribution in [-0.4, -0.2) is 22.1 Å². The summed E-state index contributed by atoms with van der Waals surface area (Å²) < 4.78 is 3.20. The molecule has 3 nitrogen and oxygen atoms in total. The Hall–Kier alpha value is -0.870. The zero-order chi connectivity index (χ0) is 11.8. The van der Waals surface area contributed by atoms with Crippen molar-refractivity contribution < 1.29 is 0 Å². The minimum Gasteiger partial charge on any atom is -0.317 e. The van der Waals surface area contributed by atoms with Gasteiger partial charge in [0.2, 0.25) is 0 Å². The topological polar surface area (TPSA) is 29.9 Å². The van der Waals surface area contributed by atoms with E-state index in [0.29, 0.717) is 6.04 Å². The Morgan fingerprint density at radius 3 is 3.18 bits per heavy atom. The average molecular weight is 294 g/mol. The van der Waals surface area contributed by atoms with E-state index in [1.165, 1.54) is 23.9 Å². The highest BCUT2D eigenvalue weighted by molar-refractivity contribution is 9.10. The predicted octanol–water partition coefficient (Wildman–Crippen LogP) is 2.86. The van der Waals surface area contributed by atoms with Crippen molar-refractivity contribution in [2.45, 2.75) is 32.4 Å². The van der Waals surface area contributed by atoms with Gasteiger partial charge >= 0.3 is 0 Å². The Morgan fingerprint density at radius 1 is 1.53 bits per heavy atom. The molecule has 1 aromatic carbocycles. The molecule has 1 saturated heterocycles. The third-order valence-electron chi connectivity index (χ3n) is 3.42. The zero-order valence-electron chi connectivity index (χ0n) is 9.91. The first-order valence-corrected chi connectivity index (χ1v) is 6.89. The third kappa shape index (κ3) is 2.11. The summed E-state index contributed by atoms with van der Waals surface area (Å²) in [6, 6.07) is 7.04. The van der Waals surface area contributed by atoms with E-state index < -0.39 is 0 Å². The quantitative estimate of drug-likeness (QED) is 0.923. The summed E-state index contributed by atoms with van der Waals surface area (Å²) in [6.45, 7) is 4.25. The van der Waals surface area contributed by atoms with Crippen molar-refractivity contribution in [2.24, 2.45) is 0 Å². The lowest BCUT2D eigenvalue weighted by Gasteiger charge is -2.12. The second-order valence-corrected chi connectivity index (χ2v) is 5.49. The van der Waals surface area contributed by atoms with Crippen LogP contribution in [0.15, 0.2) is 22.9 Å². The molecule has 0 radical (unpaired) electrons. The van der Waals surface area contributed by atoms with Crippen LogP contribution in [0.2, 0.25) is 0 Å². The normalized spacial score (nSPS) is 20.2. The molecule has 1 aliphatic rings. The number of hydrogen-bond acceptors (Lipinski definition) is 2. The second kappa shape index (κ2) is 4.42. The molecule has 1 aromatic heterocycles. The molecule has 2 heterocycles. The van der Waals surface area contributed by atoms with E-state index in [1.807, 2.05) is 0 Å². The second-order valence-electron chi connectivity index (χ2n) is 4.78. The Balaban J connectivity index is 1.99. The largest absolute Gasteiger partial charge is 0.317 e. The van der Waals surface area contributed by atoms with Crippen LogP contribution in [0.25, 0.3) is 11.0 Å². The number of aromatic nitrogens is 2. The van der Waals surface area contributed by atoms with Gasteiger partial charge in [-0.1, -0.05) is 6.07 Å². The number of nitrogens with zero attached hydrogens (tertiary/aromatic N) is 2. The van der Waals surface area contributed by atoms with Gasteiger partial charge in [0.15, 0.2) is 4.73 Å². The molecule has 1 fully saturated rings. The summed E-state index contributed by atoms with van der Waals surface area (Å²) in [7, 11) is 0. The smallest absolute Gasteiger partial charge is 0.178 e. The lowest BCUT2D eigenvalue weighted by atomic mass is 10.2. The standard InChI is InChI=1S/C13H16BrN3/c1-9-4-5-12-11(7-9)16-13(14)17(12)8-10-3-2-6-15-10/h4-5,7,10,15H,2-3,6,8H2,1H3. The molecule has 0 aliphatic carbocycles. The fraction of sp³-hybridized carbons (Fsp3) is 0.462. The Kier molecular flexibility index (Phi) is 2.92. The molecule has 0 bridgehead atoms. The van der Waals surface area contributed by atoms with Crippen molar-refractivity contribution >= 4 is 27.0 Å². The van der Waals surface area contributed by atoms with Crippen molar-refractivity contribution in [3.63, 3.8) is 0 Å². The maximum absolute atomic E-state index is 4.57. The molecule has 90 valence electrons. The van der Waals surface area contributed by atoms with Crippen molar-refractivity contribution in [3.05, 3.63) is 28.5 Å². The van der Waals surface area contributed by atoms with Crippen LogP contribution in [0.4, 0.5) is 0 Å². The summed E-state index contributed by atoms with van der Waals surface area (Å²) in [4.78, 5) is 4.57. The lowest BCUT2D eigenvalue weighted by Crippen LogP contribution is -2.26. The van der Waals surface area contributed by atoms with Crippen LogP contribution >= 0.6 is 15.9 Å². The van der Waals surface area contributed by atoms with Gasteiger partial charge in [-0.25, -0.2) is 4.98 Å². The van der Waals surface area contributed by atoms with E-state index in [0.717, 1.165) is 23.3 Å². The summed E-state index contributed by atoms with van der Waals surface area (Å²) in [5.41, 5.74) is 3.56. The number of nitrogens with one attached hydrogen (secondary N) is 1. The molecular formula is C13H16BrN3. The third-order valence-corrected chi connectivity index (χ3v) is 4.03. The summed E-state index contributed by atoms with van der Waals surface area (Å²) in [5, 5.41) is 3.53. The maximum atomic E-state index is 4.57. The van der Waals surface area contributed by atoms with E-state index in [2.05, 4.69) is 55.9 Å². The molecule has 1 N–H and O–H groups in total. The van der Waals surface area contributed by atoms with Gasteiger partial charge in [-0.2, -0.15) is 0 Å². The molecule has 4 heteroatoms. The average Bonchev–Trinajstić information content (AvgIpc) is 2.88. The minimum absolute atomic E-state index is 0.588. The first-order valence-electron chi connectivity index (χ1n) is 6.10. The van der Waals surface area contributed by atoms with Crippen molar-refractivity contribution in [2.75, 3.05) is 6.54 Å². The highest BCUT2D eigenvalue weighted by atomic mass is 79.9. The SMILES string of the molecule is Cc1ccc2c(c1)nc(Br)n2CC1CCCN1. The number of benzene rings is 1. The summed E-state index contributed by atoms with van der Waals surface area (Å²) >= 11 is 3.57. The molecule has 2 aromatic rings. The molecule has 1 unspecified atom stereocenters. The van der Waals surface area contributed by atoms with Crippen LogP contribution in [0.1, 0.15) is 18.4 Å². The number of fused-ring (bicyclic) bond motifs is 1. The molecular weight excluding hydrogens is 278 g/mol. The molecule has 0 saturated carbocycles. The Bertz CT molecular complexity index is 541. The molecule has 0 amide bonds. The molecule has 1 aliphatic heterocycles. The van der Waals surface area contributed by atoms with Crippen LogP contribution in [-0.2, 0) is 6.54 Å². The number of rotatable bonds is 2. The number of imidazole rings is 1. The van der Waals surface area contributed by atoms with Crippen LogP contribution < -0.4 is 5.32 Å². The van der Waals surface area contributed by atoms with Gasteiger partial charge in [0.05, 0.1) is 11.0 Å². The van der Waals surface area contributed by atoms with Gasteiger partial charge in [0.25, 0.3) is 0 Å². The van der Waals surface area contributed by atoms with Gasteiger partial charge in [-0.15, -0.1) is 0 Å². The first kappa shape index (κ1) is 11.2. The highest BCUT2D eigenvalue weighted by Crippen LogP contribution is 2.22. The lowest BCUT2D eigenvalue weighted by molar-refractivity contribution is 0.511. The highest BCUT2D eigenvalue weighted by Gasteiger charge is 2.17. The van der Waals surface area contributed by atoms with E-state index in [4.69, 9.17) is 0 Å². The van der Waals surface area contributed by atoms with E-state index in [9.17, 15) is 0 Å². The number of hydrogen-bond donors (Lipinski definition) is 1. The molecule has 1 atom stereocenters. The minimum atomic E-state index is 0.588. The Labute approximate surface area is 109 Å². The van der Waals surface area contributed by atoms with Gasteiger partial charge in [-0.3, -0.25) is 0 Å². The van der Waals surface area contributed by atoms with Gasteiger partial charge in [-0.05, 0) is 59.9 Å². The van der Waals surface area contributed by atoms with Crippen LogP contribution in [0, 0.1) is 6.92 Å². The fourth-order valence-corrected chi connectivity index (χ4v) is 3.04. The summed E-state index contributed by atoms with van der Waals surface area (Å²) in [5.74, 6) is 0. The van der Waals surface area contributed by atoms with Crippen LogP contribution in [0.3, 0.4) is 0 Å². The van der Waals surface area contributed by atoms with Crippen LogP contribution in [0.5, 0.6) is 0 Å². The fourth-order valence-electron chi connectivity index (χ4n) is 2.52. The van der Waals surface area contributed by atoms with E-state index >= 15 is 0 Å². The predicted molar refractivity (Wildman–Crippen MR) is 73.2 cm³/mol. The van der Waals surface area contributed by atoms with E-state index in [1.54, 1.807) is 0 Å². The Morgan fingerprint density at radius 2 is 2.41 bits per heavy atom. The van der Waals surface area contributed by atoms with Gasteiger partial charge < -0.3 is 9.88 Å². The molecule has 3 rings (SSSR count). The monoisotopic (exact) mass is 293 g/mol. The van der Waals surface area contributed by atoms with E-state index in [-0.39, 0.29) is 0 Å². The number of aryl methyl sites for hydroxylation is 1. The molecule has 0 spiro atoms. The summed E-state index contributed by atoms with van der Waals surface area (Å²) in [6.07, 6.45) is 2.55. The number of halogens is 1. The van der Waals surface area contributed by atoms with Crippen molar-refractivity contribution in [3.8, 4) is 0 Å². The first-order chi connectivity index (χ1) is 8.24. The molecule has 17 heavy (non-hydrogen) atoms. The maximum Gasteiger partial charge on any atom is 0.178 e.